The molecule has 1 aliphatic rings. The maximum atomic E-state index is 10.8. The Labute approximate surface area is 124 Å². The lowest BCUT2D eigenvalue weighted by atomic mass is 10.1. The molecule has 0 radical (unpaired) electrons. The highest BCUT2D eigenvalue weighted by molar-refractivity contribution is 6.36. The van der Waals surface area contributed by atoms with E-state index in [2.05, 4.69) is 0 Å². The van der Waals surface area contributed by atoms with E-state index in [-0.39, 0.29) is 5.69 Å². The zero-order chi connectivity index (χ0) is 14.3. The van der Waals surface area contributed by atoms with Crippen molar-refractivity contribution in [2.24, 2.45) is 0 Å². The predicted octanol–water partition coefficient (Wildman–Crippen LogP) is 5.18. The van der Waals surface area contributed by atoms with E-state index in [0.29, 0.717) is 21.5 Å². The number of benzene rings is 2. The molecule has 0 atom stereocenters. The molecule has 100 valence electrons. The summed E-state index contributed by atoms with van der Waals surface area (Å²) in [6, 6.07) is 7.72. The summed E-state index contributed by atoms with van der Waals surface area (Å²) in [5.41, 5.74) is 1.42. The molecule has 20 heavy (non-hydrogen) atoms. The van der Waals surface area contributed by atoms with Crippen LogP contribution < -0.4 is 4.74 Å². The third-order valence-corrected chi connectivity index (χ3v) is 3.40. The molecule has 1 aliphatic heterocycles. The molecule has 6 heteroatoms. The number of rotatable bonds is 1. The summed E-state index contributed by atoms with van der Waals surface area (Å²) in [7, 11) is 0. The summed E-state index contributed by atoms with van der Waals surface area (Å²) >= 11 is 12.1. The van der Waals surface area contributed by atoms with Crippen LogP contribution >= 0.6 is 23.2 Å². The minimum Gasteiger partial charge on any atom is -0.454 e. The number of nitro groups is 1. The van der Waals surface area contributed by atoms with Gasteiger partial charge in [0, 0.05) is 22.2 Å². The van der Waals surface area contributed by atoms with E-state index in [1.807, 2.05) is 6.08 Å². The lowest BCUT2D eigenvalue weighted by Gasteiger charge is -2.10. The second-order valence-electron chi connectivity index (χ2n) is 4.22. The molecule has 4 nitrogen and oxygen atoms in total. The van der Waals surface area contributed by atoms with Crippen LogP contribution in [-0.2, 0) is 0 Å². The van der Waals surface area contributed by atoms with Crippen LogP contribution in [0.4, 0.5) is 5.69 Å². The number of hydrogen-bond donors (Lipinski definition) is 0. The Bertz CT molecular complexity index is 756. The molecular formula is C14H7Cl2NO3. The second kappa shape index (κ2) is 4.81. The Hall–Kier alpha value is -2.04. The second-order valence-corrected chi connectivity index (χ2v) is 5.06. The molecule has 0 saturated heterocycles. The molecule has 0 aliphatic carbocycles. The molecule has 0 saturated carbocycles. The summed E-state index contributed by atoms with van der Waals surface area (Å²) < 4.78 is 5.72. The smallest absolute Gasteiger partial charge is 0.273 e. The molecular weight excluding hydrogens is 301 g/mol. The van der Waals surface area contributed by atoms with E-state index >= 15 is 0 Å². The summed E-state index contributed by atoms with van der Waals surface area (Å²) in [6.07, 6.45) is 3.61. The number of non-ortho nitro benzene ring substituents is 1. The Balaban J connectivity index is 2.16. The Morgan fingerprint density at radius 2 is 1.80 bits per heavy atom. The molecule has 2 aromatic rings. The fourth-order valence-electron chi connectivity index (χ4n) is 1.96. The van der Waals surface area contributed by atoms with Crippen LogP contribution in [0.15, 0.2) is 30.3 Å². The standard InChI is InChI=1S/C14H7Cl2NO3/c15-10-5-9-2-1-8-3-4-11(17(18)19)7-13(8)20-14(9)12(16)6-10/h1-7H. The van der Waals surface area contributed by atoms with Crippen molar-refractivity contribution in [2.75, 3.05) is 0 Å². The van der Waals surface area contributed by atoms with E-state index in [0.717, 1.165) is 11.1 Å². The minimum atomic E-state index is -0.470. The van der Waals surface area contributed by atoms with E-state index in [4.69, 9.17) is 27.9 Å². The minimum absolute atomic E-state index is 0.0364. The predicted molar refractivity (Wildman–Crippen MR) is 78.6 cm³/mol. The normalized spacial score (nSPS) is 12.1. The van der Waals surface area contributed by atoms with Gasteiger partial charge in [-0.1, -0.05) is 35.4 Å². The molecule has 0 N–H and O–H groups in total. The number of ether oxygens (including phenoxy) is 1. The van der Waals surface area contributed by atoms with E-state index in [1.54, 1.807) is 24.3 Å². The molecule has 0 bridgehead atoms. The SMILES string of the molecule is O=[N+]([O-])c1ccc2c(c1)Oc1c(Cl)cc(Cl)cc1C=C2. The number of halogens is 2. The lowest BCUT2D eigenvalue weighted by Crippen LogP contribution is -1.92. The summed E-state index contributed by atoms with van der Waals surface area (Å²) in [4.78, 5) is 10.3. The van der Waals surface area contributed by atoms with Gasteiger partial charge in [0.1, 0.15) is 5.75 Å². The van der Waals surface area contributed by atoms with Crippen molar-refractivity contribution in [2.45, 2.75) is 0 Å². The lowest BCUT2D eigenvalue weighted by molar-refractivity contribution is -0.384. The Morgan fingerprint density at radius 1 is 1.05 bits per heavy atom. The molecule has 0 fully saturated rings. The van der Waals surface area contributed by atoms with Crippen molar-refractivity contribution in [3.63, 3.8) is 0 Å². The van der Waals surface area contributed by atoms with Gasteiger partial charge < -0.3 is 4.74 Å². The summed E-state index contributed by atoms with van der Waals surface area (Å²) in [5, 5.41) is 11.7. The van der Waals surface area contributed by atoms with Crippen LogP contribution in [0.5, 0.6) is 11.5 Å². The number of hydrogen-bond acceptors (Lipinski definition) is 3. The van der Waals surface area contributed by atoms with Gasteiger partial charge in [0.15, 0.2) is 5.75 Å². The Morgan fingerprint density at radius 3 is 2.55 bits per heavy atom. The average molecular weight is 308 g/mol. The third-order valence-electron chi connectivity index (χ3n) is 2.90. The van der Waals surface area contributed by atoms with Gasteiger partial charge in [-0.3, -0.25) is 10.1 Å². The van der Waals surface area contributed by atoms with Crippen LogP contribution in [0.25, 0.3) is 12.2 Å². The zero-order valence-corrected chi connectivity index (χ0v) is 11.5. The zero-order valence-electron chi connectivity index (χ0n) is 9.97. The van der Waals surface area contributed by atoms with Crippen LogP contribution in [0.2, 0.25) is 10.0 Å². The van der Waals surface area contributed by atoms with E-state index < -0.39 is 4.92 Å². The van der Waals surface area contributed by atoms with Crippen LogP contribution in [0.1, 0.15) is 11.1 Å². The summed E-state index contributed by atoms with van der Waals surface area (Å²) in [5.74, 6) is 0.824. The van der Waals surface area contributed by atoms with Crippen molar-refractivity contribution >= 4 is 41.0 Å². The molecule has 3 rings (SSSR count). The van der Waals surface area contributed by atoms with Crippen molar-refractivity contribution in [1.29, 1.82) is 0 Å². The topological polar surface area (TPSA) is 52.4 Å². The first-order valence-corrected chi connectivity index (χ1v) is 6.43. The van der Waals surface area contributed by atoms with Gasteiger partial charge in [-0.25, -0.2) is 0 Å². The van der Waals surface area contributed by atoms with Gasteiger partial charge in [-0.2, -0.15) is 0 Å². The van der Waals surface area contributed by atoms with Gasteiger partial charge in [0.25, 0.3) is 5.69 Å². The monoisotopic (exact) mass is 307 g/mol. The highest BCUT2D eigenvalue weighted by Crippen LogP contribution is 2.41. The molecule has 0 spiro atoms. The third kappa shape index (κ3) is 2.24. The maximum absolute atomic E-state index is 10.8. The molecule has 1 heterocycles. The van der Waals surface area contributed by atoms with Gasteiger partial charge in [-0.05, 0) is 18.2 Å². The van der Waals surface area contributed by atoms with Crippen molar-refractivity contribution in [3.05, 3.63) is 61.6 Å². The quantitative estimate of drug-likeness (QED) is 0.460. The fraction of sp³-hybridized carbons (Fsp3) is 0. The fourth-order valence-corrected chi connectivity index (χ4v) is 2.51. The molecule has 0 unspecified atom stereocenters. The molecule has 2 aromatic carbocycles. The van der Waals surface area contributed by atoms with E-state index in [1.165, 1.54) is 12.1 Å². The largest absolute Gasteiger partial charge is 0.454 e. The van der Waals surface area contributed by atoms with Crippen molar-refractivity contribution in [1.82, 2.24) is 0 Å². The summed E-state index contributed by atoms with van der Waals surface area (Å²) in [6.45, 7) is 0. The van der Waals surface area contributed by atoms with Gasteiger partial charge in [0.2, 0.25) is 0 Å². The number of nitro benzene ring substituents is 1. The van der Waals surface area contributed by atoms with Gasteiger partial charge in [-0.15, -0.1) is 0 Å². The first kappa shape index (κ1) is 13.0. The maximum Gasteiger partial charge on any atom is 0.273 e. The van der Waals surface area contributed by atoms with Gasteiger partial charge >= 0.3 is 0 Å². The highest BCUT2D eigenvalue weighted by Gasteiger charge is 2.17. The first-order chi connectivity index (χ1) is 9.54. The first-order valence-electron chi connectivity index (χ1n) is 5.68. The number of nitrogens with zero attached hydrogens (tertiary/aromatic N) is 1. The van der Waals surface area contributed by atoms with Crippen molar-refractivity contribution < 1.29 is 9.66 Å². The Kier molecular flexibility index (Phi) is 3.12. The van der Waals surface area contributed by atoms with Crippen LogP contribution in [-0.4, -0.2) is 4.92 Å². The van der Waals surface area contributed by atoms with Crippen LogP contribution in [0, 0.1) is 10.1 Å². The molecule has 0 amide bonds. The average Bonchev–Trinajstić information content (AvgIpc) is 2.57. The number of fused-ring (bicyclic) bond motifs is 2. The van der Waals surface area contributed by atoms with Crippen molar-refractivity contribution in [3.8, 4) is 11.5 Å². The highest BCUT2D eigenvalue weighted by atomic mass is 35.5. The van der Waals surface area contributed by atoms with E-state index in [9.17, 15) is 10.1 Å². The van der Waals surface area contributed by atoms with Gasteiger partial charge in [0.05, 0.1) is 16.0 Å². The van der Waals surface area contributed by atoms with Crippen LogP contribution in [0.3, 0.4) is 0 Å². The molecule has 0 aromatic heterocycles.